The van der Waals surface area contributed by atoms with Crippen LogP contribution in [0.5, 0.6) is 0 Å². The molecule has 2 aromatic carbocycles. The molecule has 0 bridgehead atoms. The Morgan fingerprint density at radius 2 is 2.06 bits per heavy atom. The van der Waals surface area contributed by atoms with Crippen LogP contribution in [-0.4, -0.2) is 34.8 Å². The Kier molecular flexibility index (Phi) is 5.60. The van der Waals surface area contributed by atoms with Gasteiger partial charge < -0.3 is 9.64 Å². The molecule has 2 aromatic rings. The van der Waals surface area contributed by atoms with Gasteiger partial charge in [-0.25, -0.2) is 9.64 Å². The quantitative estimate of drug-likeness (QED) is 0.570. The van der Waals surface area contributed by atoms with Crippen molar-refractivity contribution in [2.75, 3.05) is 5.32 Å². The van der Waals surface area contributed by atoms with Crippen LogP contribution in [0.1, 0.15) is 39.9 Å². The first-order valence-corrected chi connectivity index (χ1v) is 10.0. The lowest BCUT2D eigenvalue weighted by Gasteiger charge is -2.29. The number of imide groups is 1. The average molecular weight is 432 g/mol. The standard InChI is InChI=1S/C23H20N4O5/c1-13-3-6-16(10-18(13)24-2)25-23(31)32-12-14-4-5-15-11-27(22(30)17(15)9-14)19-7-8-20(28)26-21(19)29/h3-6,9-10,19H,7-8,11-12H2,1H3,(H,25,31)(H,26,28,29). The van der Waals surface area contributed by atoms with Gasteiger partial charge in [-0.1, -0.05) is 18.2 Å². The summed E-state index contributed by atoms with van der Waals surface area (Å²) in [4.78, 5) is 53.4. The lowest BCUT2D eigenvalue weighted by atomic mass is 10.0. The first-order chi connectivity index (χ1) is 15.4. The SMILES string of the molecule is [C-]#[N+]c1cc(NC(=O)OCc2ccc3c(c2)C(=O)N(C2CCC(=O)NC2=O)C3)ccc1C. The molecule has 1 unspecified atom stereocenters. The van der Waals surface area contributed by atoms with Gasteiger partial charge in [-0.2, -0.15) is 0 Å². The van der Waals surface area contributed by atoms with Crippen molar-refractivity contribution in [3.05, 3.63) is 70.1 Å². The molecular weight excluding hydrogens is 412 g/mol. The second kappa shape index (κ2) is 8.51. The van der Waals surface area contributed by atoms with Crippen LogP contribution in [0, 0.1) is 13.5 Å². The van der Waals surface area contributed by atoms with E-state index in [1.165, 1.54) is 4.90 Å². The Balaban J connectivity index is 1.38. The normalized spacial score (nSPS) is 17.4. The molecule has 32 heavy (non-hydrogen) atoms. The summed E-state index contributed by atoms with van der Waals surface area (Å²) < 4.78 is 5.25. The molecule has 0 aromatic heterocycles. The van der Waals surface area contributed by atoms with Crippen molar-refractivity contribution in [3.8, 4) is 0 Å². The number of rotatable bonds is 4. The first-order valence-electron chi connectivity index (χ1n) is 10.0. The number of benzene rings is 2. The summed E-state index contributed by atoms with van der Waals surface area (Å²) in [5.41, 5.74) is 3.57. The van der Waals surface area contributed by atoms with Crippen LogP contribution in [-0.2, 0) is 27.5 Å². The van der Waals surface area contributed by atoms with E-state index in [-0.39, 0.29) is 24.8 Å². The average Bonchev–Trinajstić information content (AvgIpc) is 3.09. The molecular formula is C23H20N4O5. The number of nitrogens with zero attached hydrogens (tertiary/aromatic N) is 2. The molecule has 1 atom stereocenters. The number of fused-ring (bicyclic) bond motifs is 1. The molecule has 2 N–H and O–H groups in total. The van der Waals surface area contributed by atoms with Crippen molar-refractivity contribution in [2.24, 2.45) is 0 Å². The number of anilines is 1. The van der Waals surface area contributed by atoms with E-state index in [9.17, 15) is 19.2 Å². The zero-order chi connectivity index (χ0) is 22.8. The fourth-order valence-electron chi connectivity index (χ4n) is 3.80. The molecule has 2 heterocycles. The minimum atomic E-state index is -0.679. The van der Waals surface area contributed by atoms with Crippen LogP contribution in [0.15, 0.2) is 36.4 Å². The smallest absolute Gasteiger partial charge is 0.411 e. The van der Waals surface area contributed by atoms with E-state index in [0.29, 0.717) is 35.5 Å². The Morgan fingerprint density at radius 3 is 2.81 bits per heavy atom. The largest absolute Gasteiger partial charge is 0.444 e. The summed E-state index contributed by atoms with van der Waals surface area (Å²) in [6.07, 6.45) is -0.181. The van der Waals surface area contributed by atoms with Gasteiger partial charge >= 0.3 is 6.09 Å². The number of amides is 4. The van der Waals surface area contributed by atoms with Crippen molar-refractivity contribution in [1.82, 2.24) is 10.2 Å². The summed E-state index contributed by atoms with van der Waals surface area (Å²) in [5, 5.41) is 4.86. The molecule has 4 amide bonds. The molecule has 2 aliphatic rings. The summed E-state index contributed by atoms with van der Waals surface area (Å²) in [6, 6.07) is 9.51. The predicted octanol–water partition coefficient (Wildman–Crippen LogP) is 3.06. The van der Waals surface area contributed by atoms with E-state index in [2.05, 4.69) is 15.5 Å². The molecule has 1 fully saturated rings. The van der Waals surface area contributed by atoms with Crippen molar-refractivity contribution in [2.45, 2.75) is 39.0 Å². The third-order valence-electron chi connectivity index (χ3n) is 5.54. The lowest BCUT2D eigenvalue weighted by Crippen LogP contribution is -2.52. The fourth-order valence-corrected chi connectivity index (χ4v) is 3.80. The second-order valence-corrected chi connectivity index (χ2v) is 7.71. The van der Waals surface area contributed by atoms with E-state index < -0.39 is 18.0 Å². The van der Waals surface area contributed by atoms with E-state index in [4.69, 9.17) is 11.3 Å². The highest BCUT2D eigenvalue weighted by atomic mass is 16.5. The first kappa shape index (κ1) is 21.1. The number of hydrogen-bond acceptors (Lipinski definition) is 5. The summed E-state index contributed by atoms with van der Waals surface area (Å²) in [6.45, 7) is 9.20. The molecule has 2 aliphatic heterocycles. The highest BCUT2D eigenvalue weighted by Gasteiger charge is 2.39. The summed E-state index contributed by atoms with van der Waals surface area (Å²) in [5.74, 6) is -1.07. The topological polar surface area (TPSA) is 109 Å². The van der Waals surface area contributed by atoms with Gasteiger partial charge in [0.15, 0.2) is 5.69 Å². The van der Waals surface area contributed by atoms with Crippen LogP contribution in [0.4, 0.5) is 16.2 Å². The molecule has 0 saturated carbocycles. The van der Waals surface area contributed by atoms with E-state index >= 15 is 0 Å². The van der Waals surface area contributed by atoms with Crippen LogP contribution in [0.2, 0.25) is 0 Å². The third-order valence-corrected chi connectivity index (χ3v) is 5.54. The number of piperidine rings is 1. The molecule has 1 saturated heterocycles. The van der Waals surface area contributed by atoms with Crippen LogP contribution >= 0.6 is 0 Å². The molecule has 162 valence electrons. The maximum Gasteiger partial charge on any atom is 0.411 e. The number of hydrogen-bond donors (Lipinski definition) is 2. The van der Waals surface area contributed by atoms with Crippen molar-refractivity contribution < 1.29 is 23.9 Å². The van der Waals surface area contributed by atoms with Gasteiger partial charge in [-0.15, -0.1) is 0 Å². The van der Waals surface area contributed by atoms with Crippen molar-refractivity contribution in [1.29, 1.82) is 0 Å². The van der Waals surface area contributed by atoms with E-state index in [1.807, 2.05) is 6.92 Å². The van der Waals surface area contributed by atoms with Gasteiger partial charge in [0.1, 0.15) is 12.6 Å². The minimum Gasteiger partial charge on any atom is -0.444 e. The lowest BCUT2D eigenvalue weighted by molar-refractivity contribution is -0.136. The monoisotopic (exact) mass is 432 g/mol. The zero-order valence-corrected chi connectivity index (χ0v) is 17.3. The van der Waals surface area contributed by atoms with E-state index in [1.54, 1.807) is 36.4 Å². The van der Waals surface area contributed by atoms with Gasteiger partial charge in [-0.3, -0.25) is 25.0 Å². The number of aryl methyl sites for hydroxylation is 1. The highest BCUT2D eigenvalue weighted by molar-refractivity contribution is 6.05. The third kappa shape index (κ3) is 4.16. The number of nitrogens with one attached hydrogen (secondary N) is 2. The molecule has 4 rings (SSSR count). The van der Waals surface area contributed by atoms with Gasteiger partial charge in [0.2, 0.25) is 11.8 Å². The maximum absolute atomic E-state index is 12.9. The fraction of sp³-hybridized carbons (Fsp3) is 0.261. The molecule has 0 aliphatic carbocycles. The van der Waals surface area contributed by atoms with Gasteiger partial charge in [0.25, 0.3) is 5.91 Å². The minimum absolute atomic E-state index is 0.0493. The maximum atomic E-state index is 12.9. The molecule has 9 heteroatoms. The van der Waals surface area contributed by atoms with Gasteiger partial charge in [0.05, 0.1) is 6.57 Å². The Morgan fingerprint density at radius 1 is 1.25 bits per heavy atom. The van der Waals surface area contributed by atoms with Crippen molar-refractivity contribution in [3.63, 3.8) is 0 Å². The highest BCUT2D eigenvalue weighted by Crippen LogP contribution is 2.28. The second-order valence-electron chi connectivity index (χ2n) is 7.71. The molecule has 0 spiro atoms. The van der Waals surface area contributed by atoms with Crippen LogP contribution in [0.25, 0.3) is 4.85 Å². The van der Waals surface area contributed by atoms with Crippen LogP contribution < -0.4 is 10.6 Å². The zero-order valence-electron chi connectivity index (χ0n) is 17.3. The number of ether oxygens (including phenoxy) is 1. The Hall–Kier alpha value is -4.19. The summed E-state index contributed by atoms with van der Waals surface area (Å²) in [7, 11) is 0. The molecule has 0 radical (unpaired) electrons. The number of carbonyl (C=O) groups is 4. The van der Waals surface area contributed by atoms with Crippen LogP contribution in [0.3, 0.4) is 0 Å². The Labute approximate surface area is 184 Å². The van der Waals surface area contributed by atoms with E-state index in [0.717, 1.165) is 11.1 Å². The number of carbonyl (C=O) groups excluding carboxylic acids is 4. The Bertz CT molecular complexity index is 1180. The van der Waals surface area contributed by atoms with Gasteiger partial charge in [0, 0.05) is 24.2 Å². The van der Waals surface area contributed by atoms with Gasteiger partial charge in [-0.05, 0) is 48.2 Å². The summed E-state index contributed by atoms with van der Waals surface area (Å²) >= 11 is 0. The van der Waals surface area contributed by atoms with Crippen molar-refractivity contribution >= 4 is 35.2 Å². The predicted molar refractivity (Wildman–Crippen MR) is 114 cm³/mol. The molecule has 9 nitrogen and oxygen atoms in total.